The lowest BCUT2D eigenvalue weighted by Crippen LogP contribution is -2.47. The molecule has 29 heavy (non-hydrogen) atoms. The number of thiophene rings is 1. The van der Waals surface area contributed by atoms with Gasteiger partial charge in [-0.2, -0.15) is 4.52 Å². The molecule has 150 valence electrons. The zero-order valence-electron chi connectivity index (χ0n) is 15.8. The molecular formula is C20H20ClN5OS2. The summed E-state index contributed by atoms with van der Waals surface area (Å²) in [6.07, 6.45) is 0. The molecule has 0 aliphatic carbocycles. The number of aryl methyl sites for hydroxylation is 1. The first-order valence-electron chi connectivity index (χ1n) is 9.43. The first-order valence-corrected chi connectivity index (χ1v) is 11.5. The van der Waals surface area contributed by atoms with Crippen molar-refractivity contribution in [2.75, 3.05) is 31.1 Å². The summed E-state index contributed by atoms with van der Waals surface area (Å²) in [6.45, 7) is 5.43. The minimum absolute atomic E-state index is 0.00492. The zero-order chi connectivity index (χ0) is 20.0. The molecule has 1 atom stereocenters. The van der Waals surface area contributed by atoms with Gasteiger partial charge in [0.2, 0.25) is 10.8 Å². The van der Waals surface area contributed by atoms with Crippen molar-refractivity contribution in [3.05, 3.63) is 62.4 Å². The number of aromatic nitrogens is 3. The maximum atomic E-state index is 10.9. The van der Waals surface area contributed by atoms with Crippen molar-refractivity contribution in [3.8, 4) is 5.88 Å². The van der Waals surface area contributed by atoms with E-state index in [0.717, 1.165) is 46.7 Å². The van der Waals surface area contributed by atoms with E-state index in [9.17, 15) is 5.11 Å². The first kappa shape index (κ1) is 18.9. The third kappa shape index (κ3) is 3.50. The quantitative estimate of drug-likeness (QED) is 0.503. The normalized spacial score (nSPS) is 16.6. The van der Waals surface area contributed by atoms with Gasteiger partial charge in [-0.25, -0.2) is 4.98 Å². The second-order valence-corrected chi connectivity index (χ2v) is 9.49. The maximum Gasteiger partial charge on any atom is 0.230 e. The van der Waals surface area contributed by atoms with Crippen LogP contribution >= 0.6 is 34.3 Å². The summed E-state index contributed by atoms with van der Waals surface area (Å²) in [5.74, 6) is 0.863. The van der Waals surface area contributed by atoms with Crippen molar-refractivity contribution in [2.45, 2.75) is 13.0 Å². The van der Waals surface area contributed by atoms with Gasteiger partial charge in [0.1, 0.15) is 5.82 Å². The lowest BCUT2D eigenvalue weighted by atomic mass is 10.1. The predicted molar refractivity (Wildman–Crippen MR) is 119 cm³/mol. The van der Waals surface area contributed by atoms with Crippen LogP contribution in [0.4, 0.5) is 5.69 Å². The van der Waals surface area contributed by atoms with E-state index in [1.165, 1.54) is 16.2 Å². The smallest absolute Gasteiger partial charge is 0.230 e. The Morgan fingerprint density at radius 1 is 1.14 bits per heavy atom. The fraction of sp³-hybridized carbons (Fsp3) is 0.300. The molecule has 3 aromatic heterocycles. The van der Waals surface area contributed by atoms with Crippen molar-refractivity contribution in [3.63, 3.8) is 0 Å². The molecule has 1 saturated heterocycles. The summed E-state index contributed by atoms with van der Waals surface area (Å²) in [5.41, 5.74) is 1.15. The summed E-state index contributed by atoms with van der Waals surface area (Å²) >= 11 is 9.40. The highest BCUT2D eigenvalue weighted by Crippen LogP contribution is 2.41. The number of hydrogen-bond donors (Lipinski definition) is 1. The van der Waals surface area contributed by atoms with E-state index in [1.54, 1.807) is 15.9 Å². The van der Waals surface area contributed by atoms with Crippen molar-refractivity contribution < 1.29 is 5.11 Å². The van der Waals surface area contributed by atoms with Crippen molar-refractivity contribution in [1.29, 1.82) is 0 Å². The van der Waals surface area contributed by atoms with E-state index >= 15 is 0 Å². The zero-order valence-corrected chi connectivity index (χ0v) is 18.2. The molecule has 1 aliphatic heterocycles. The number of halogens is 1. The standard InChI is InChI=1S/C20H20ClN5OS2/c1-13-22-20-26(23-13)19(27)18(29-20)17(16-6-3-11-28-16)25-9-7-24(8-10-25)15-5-2-4-14(21)12-15/h2-6,11-12,17,27H,7-10H2,1H3/t17-/m1/s1. The highest BCUT2D eigenvalue weighted by Gasteiger charge is 2.32. The van der Waals surface area contributed by atoms with Gasteiger partial charge in [0.05, 0.1) is 10.9 Å². The monoisotopic (exact) mass is 445 g/mol. The summed E-state index contributed by atoms with van der Waals surface area (Å²) in [6, 6.07) is 12.2. The van der Waals surface area contributed by atoms with Gasteiger partial charge in [-0.1, -0.05) is 35.1 Å². The second-order valence-electron chi connectivity index (χ2n) is 7.06. The third-order valence-electron chi connectivity index (χ3n) is 5.22. The molecule has 1 N–H and O–H groups in total. The van der Waals surface area contributed by atoms with Crippen LogP contribution in [-0.4, -0.2) is 50.8 Å². The maximum absolute atomic E-state index is 10.9. The Bertz CT molecular complexity index is 1130. The molecule has 1 aliphatic rings. The van der Waals surface area contributed by atoms with Crippen LogP contribution in [0.15, 0.2) is 41.8 Å². The molecule has 0 unspecified atom stereocenters. The molecule has 4 aromatic rings. The van der Waals surface area contributed by atoms with E-state index in [1.807, 2.05) is 25.1 Å². The Kier molecular flexibility index (Phi) is 4.95. The number of fused-ring (bicyclic) bond motifs is 1. The minimum atomic E-state index is 0.00492. The first-order chi connectivity index (χ1) is 14.1. The largest absolute Gasteiger partial charge is 0.492 e. The van der Waals surface area contributed by atoms with E-state index in [4.69, 9.17) is 11.6 Å². The summed E-state index contributed by atoms with van der Waals surface area (Å²) in [5, 5.41) is 18.1. The topological polar surface area (TPSA) is 56.9 Å². The van der Waals surface area contributed by atoms with E-state index in [-0.39, 0.29) is 11.9 Å². The average molecular weight is 446 g/mol. The van der Waals surface area contributed by atoms with Gasteiger partial charge in [-0.3, -0.25) is 4.90 Å². The number of hydrogen-bond acceptors (Lipinski definition) is 7. The molecule has 6 nitrogen and oxygen atoms in total. The molecule has 0 amide bonds. The number of thiazole rings is 1. The number of benzene rings is 1. The molecule has 5 rings (SSSR count). The molecule has 1 aromatic carbocycles. The molecule has 0 saturated carbocycles. The Labute approximate surface area is 181 Å². The van der Waals surface area contributed by atoms with Crippen LogP contribution in [0.2, 0.25) is 5.02 Å². The summed E-state index contributed by atoms with van der Waals surface area (Å²) < 4.78 is 1.55. The van der Waals surface area contributed by atoms with E-state index < -0.39 is 0 Å². The Morgan fingerprint density at radius 3 is 2.66 bits per heavy atom. The highest BCUT2D eigenvalue weighted by molar-refractivity contribution is 7.17. The number of aromatic hydroxyl groups is 1. The summed E-state index contributed by atoms with van der Waals surface area (Å²) in [4.78, 5) is 12.1. The molecule has 0 radical (unpaired) electrons. The van der Waals surface area contributed by atoms with Crippen molar-refractivity contribution >= 4 is 44.9 Å². The van der Waals surface area contributed by atoms with Gasteiger partial charge in [-0.15, -0.1) is 16.4 Å². The molecule has 0 spiro atoms. The van der Waals surface area contributed by atoms with Crippen LogP contribution < -0.4 is 4.90 Å². The van der Waals surface area contributed by atoms with E-state index in [0.29, 0.717) is 5.82 Å². The fourth-order valence-corrected chi connectivity index (χ4v) is 6.14. The van der Waals surface area contributed by atoms with Gasteiger partial charge in [0, 0.05) is 41.8 Å². The number of nitrogens with zero attached hydrogens (tertiary/aromatic N) is 5. The van der Waals surface area contributed by atoms with Crippen molar-refractivity contribution in [2.24, 2.45) is 0 Å². The third-order valence-corrected chi connectivity index (χ3v) is 7.45. The van der Waals surface area contributed by atoms with Gasteiger partial charge >= 0.3 is 0 Å². The fourth-order valence-electron chi connectivity index (χ4n) is 3.86. The van der Waals surface area contributed by atoms with Crippen LogP contribution in [-0.2, 0) is 0 Å². The average Bonchev–Trinajstić information content (AvgIpc) is 3.43. The second kappa shape index (κ2) is 7.60. The van der Waals surface area contributed by atoms with Gasteiger partial charge < -0.3 is 10.0 Å². The Hall–Kier alpha value is -2.13. The van der Waals surface area contributed by atoms with Crippen molar-refractivity contribution in [1.82, 2.24) is 19.5 Å². The lowest BCUT2D eigenvalue weighted by molar-refractivity contribution is 0.213. The van der Waals surface area contributed by atoms with E-state index in [2.05, 4.69) is 43.5 Å². The number of rotatable bonds is 4. The van der Waals surface area contributed by atoms with Gasteiger partial charge in [0.25, 0.3) is 0 Å². The van der Waals surface area contributed by atoms with Gasteiger partial charge in [0.15, 0.2) is 0 Å². The Balaban J connectivity index is 1.44. The molecular weight excluding hydrogens is 426 g/mol. The number of anilines is 1. The van der Waals surface area contributed by atoms with Crippen LogP contribution in [0.1, 0.15) is 21.6 Å². The van der Waals surface area contributed by atoms with Crippen LogP contribution in [0.3, 0.4) is 0 Å². The lowest BCUT2D eigenvalue weighted by Gasteiger charge is -2.39. The minimum Gasteiger partial charge on any atom is -0.492 e. The molecule has 4 heterocycles. The number of piperazine rings is 1. The van der Waals surface area contributed by atoms with Crippen LogP contribution in [0.25, 0.3) is 4.96 Å². The Morgan fingerprint density at radius 2 is 1.97 bits per heavy atom. The summed E-state index contributed by atoms with van der Waals surface area (Å²) in [7, 11) is 0. The molecule has 0 bridgehead atoms. The predicted octanol–water partition coefficient (Wildman–Crippen LogP) is 4.43. The SMILES string of the molecule is Cc1nc2sc([C@@H](c3cccs3)N3CCN(c4cccc(Cl)c4)CC3)c(O)n2n1. The van der Waals surface area contributed by atoms with Gasteiger partial charge in [-0.05, 0) is 36.6 Å². The van der Waals surface area contributed by atoms with Crippen LogP contribution in [0, 0.1) is 6.92 Å². The molecule has 9 heteroatoms. The van der Waals surface area contributed by atoms with Crippen LogP contribution in [0.5, 0.6) is 5.88 Å². The highest BCUT2D eigenvalue weighted by atomic mass is 35.5. The molecule has 1 fully saturated rings.